The highest BCUT2D eigenvalue weighted by Gasteiger charge is 2.15. The molecular weight excluding hydrogens is 166 g/mol. The number of nitrogens with two attached hydrogens (primary N) is 1. The van der Waals surface area contributed by atoms with Crippen molar-refractivity contribution < 1.29 is 4.52 Å². The van der Waals surface area contributed by atoms with E-state index < -0.39 is 0 Å². The van der Waals surface area contributed by atoms with Crippen LogP contribution in [0.1, 0.15) is 18.5 Å². The highest BCUT2D eigenvalue weighted by molar-refractivity contribution is 5.24. The average Bonchev–Trinajstić information content (AvgIpc) is 2.53. The van der Waals surface area contributed by atoms with Gasteiger partial charge in [0.15, 0.2) is 0 Å². The van der Waals surface area contributed by atoms with Crippen LogP contribution in [0, 0.1) is 5.92 Å². The first-order chi connectivity index (χ1) is 6.34. The van der Waals surface area contributed by atoms with Gasteiger partial charge in [0.05, 0.1) is 5.69 Å². The smallest absolute Gasteiger partial charge is 0.222 e. The SMILES string of the molecule is Nc1cc(CC2CCCNC2)no1. The first kappa shape index (κ1) is 8.56. The standard InChI is InChI=1S/C9H15N3O/c10-9-5-8(12-13-9)4-7-2-1-3-11-6-7/h5,7,11H,1-4,6,10H2. The van der Waals surface area contributed by atoms with E-state index in [0.717, 1.165) is 25.2 Å². The maximum Gasteiger partial charge on any atom is 0.222 e. The molecule has 2 rings (SSSR count). The zero-order chi connectivity index (χ0) is 9.10. The lowest BCUT2D eigenvalue weighted by atomic mass is 9.95. The normalized spacial score (nSPS) is 23.2. The minimum Gasteiger partial charge on any atom is -0.368 e. The number of piperidine rings is 1. The lowest BCUT2D eigenvalue weighted by Crippen LogP contribution is -2.30. The summed E-state index contributed by atoms with van der Waals surface area (Å²) < 4.78 is 4.81. The fourth-order valence-corrected chi connectivity index (χ4v) is 1.82. The molecule has 1 unspecified atom stereocenters. The third kappa shape index (κ3) is 2.21. The van der Waals surface area contributed by atoms with Crippen LogP contribution in [-0.2, 0) is 6.42 Å². The lowest BCUT2D eigenvalue weighted by molar-refractivity contribution is 0.361. The average molecular weight is 181 g/mol. The van der Waals surface area contributed by atoms with Crippen molar-refractivity contribution in [2.75, 3.05) is 18.8 Å². The summed E-state index contributed by atoms with van der Waals surface area (Å²) in [6, 6.07) is 1.81. The van der Waals surface area contributed by atoms with Gasteiger partial charge in [-0.15, -0.1) is 0 Å². The molecular formula is C9H15N3O. The van der Waals surface area contributed by atoms with E-state index in [2.05, 4.69) is 10.5 Å². The van der Waals surface area contributed by atoms with Crippen LogP contribution in [0.2, 0.25) is 0 Å². The number of nitrogens with one attached hydrogen (secondary N) is 1. The van der Waals surface area contributed by atoms with Gasteiger partial charge in [0.25, 0.3) is 0 Å². The van der Waals surface area contributed by atoms with Gasteiger partial charge >= 0.3 is 0 Å². The van der Waals surface area contributed by atoms with Crippen LogP contribution in [0.3, 0.4) is 0 Å². The molecule has 1 fully saturated rings. The molecule has 4 heteroatoms. The molecule has 1 saturated heterocycles. The summed E-state index contributed by atoms with van der Waals surface area (Å²) in [5, 5.41) is 7.25. The number of anilines is 1. The number of hydrogen-bond donors (Lipinski definition) is 2. The predicted octanol–water partition coefficient (Wildman–Crippen LogP) is 0.799. The summed E-state index contributed by atoms with van der Waals surface area (Å²) >= 11 is 0. The highest BCUT2D eigenvalue weighted by Crippen LogP contribution is 2.16. The van der Waals surface area contributed by atoms with E-state index in [-0.39, 0.29) is 0 Å². The van der Waals surface area contributed by atoms with Crippen molar-refractivity contribution in [2.45, 2.75) is 19.3 Å². The summed E-state index contributed by atoms with van der Waals surface area (Å²) in [4.78, 5) is 0. The van der Waals surface area contributed by atoms with E-state index in [1.807, 2.05) is 6.07 Å². The third-order valence-electron chi connectivity index (χ3n) is 2.47. The topological polar surface area (TPSA) is 64.1 Å². The number of hydrogen-bond acceptors (Lipinski definition) is 4. The van der Waals surface area contributed by atoms with Crippen LogP contribution >= 0.6 is 0 Å². The maximum absolute atomic E-state index is 5.44. The molecule has 0 bridgehead atoms. The summed E-state index contributed by atoms with van der Waals surface area (Å²) in [6.07, 6.45) is 3.52. The first-order valence-electron chi connectivity index (χ1n) is 4.76. The molecule has 1 aromatic heterocycles. The molecule has 72 valence electrons. The van der Waals surface area contributed by atoms with Crippen molar-refractivity contribution in [3.8, 4) is 0 Å². The van der Waals surface area contributed by atoms with Gasteiger partial charge in [-0.1, -0.05) is 5.16 Å². The van der Waals surface area contributed by atoms with Crippen molar-refractivity contribution in [1.82, 2.24) is 10.5 Å². The fraction of sp³-hybridized carbons (Fsp3) is 0.667. The molecule has 2 heterocycles. The Bertz CT molecular complexity index is 266. The Morgan fingerprint density at radius 2 is 2.62 bits per heavy atom. The van der Waals surface area contributed by atoms with Crippen LogP contribution in [-0.4, -0.2) is 18.2 Å². The van der Waals surface area contributed by atoms with Gasteiger partial charge in [-0.3, -0.25) is 0 Å². The molecule has 0 aromatic carbocycles. The highest BCUT2D eigenvalue weighted by atomic mass is 16.5. The molecule has 0 aliphatic carbocycles. The number of nitrogens with zero attached hydrogens (tertiary/aromatic N) is 1. The largest absolute Gasteiger partial charge is 0.368 e. The van der Waals surface area contributed by atoms with Crippen LogP contribution in [0.25, 0.3) is 0 Å². The Balaban J connectivity index is 1.89. The van der Waals surface area contributed by atoms with Gasteiger partial charge in [0, 0.05) is 6.07 Å². The molecule has 3 N–H and O–H groups in total. The maximum atomic E-state index is 5.44. The summed E-state index contributed by atoms with van der Waals surface area (Å²) in [6.45, 7) is 2.24. The first-order valence-corrected chi connectivity index (χ1v) is 4.76. The Hall–Kier alpha value is -1.03. The van der Waals surface area contributed by atoms with E-state index >= 15 is 0 Å². The van der Waals surface area contributed by atoms with E-state index in [1.165, 1.54) is 12.8 Å². The van der Waals surface area contributed by atoms with Crippen LogP contribution < -0.4 is 11.1 Å². The zero-order valence-corrected chi connectivity index (χ0v) is 7.62. The minimum absolute atomic E-state index is 0.416. The molecule has 1 aliphatic heterocycles. The van der Waals surface area contributed by atoms with Crippen molar-refractivity contribution in [1.29, 1.82) is 0 Å². The Morgan fingerprint density at radius 1 is 1.69 bits per heavy atom. The van der Waals surface area contributed by atoms with Gasteiger partial charge in [-0.05, 0) is 38.3 Å². The molecule has 0 spiro atoms. The van der Waals surface area contributed by atoms with E-state index in [4.69, 9.17) is 10.3 Å². The summed E-state index contributed by atoms with van der Waals surface area (Å²) in [7, 11) is 0. The van der Waals surface area contributed by atoms with Gasteiger partial charge < -0.3 is 15.6 Å². The molecule has 4 nitrogen and oxygen atoms in total. The Labute approximate surface area is 77.5 Å². The fourth-order valence-electron chi connectivity index (χ4n) is 1.82. The molecule has 13 heavy (non-hydrogen) atoms. The second-order valence-electron chi connectivity index (χ2n) is 3.64. The zero-order valence-electron chi connectivity index (χ0n) is 7.62. The van der Waals surface area contributed by atoms with Crippen LogP contribution in [0.4, 0.5) is 5.88 Å². The second kappa shape index (κ2) is 3.79. The monoisotopic (exact) mass is 181 g/mol. The molecule has 1 atom stereocenters. The van der Waals surface area contributed by atoms with E-state index in [0.29, 0.717) is 11.8 Å². The lowest BCUT2D eigenvalue weighted by Gasteiger charge is -2.21. The van der Waals surface area contributed by atoms with Gasteiger partial charge in [-0.25, -0.2) is 0 Å². The van der Waals surface area contributed by atoms with Crippen molar-refractivity contribution in [3.63, 3.8) is 0 Å². The summed E-state index contributed by atoms with van der Waals surface area (Å²) in [5.74, 6) is 1.11. The van der Waals surface area contributed by atoms with E-state index in [9.17, 15) is 0 Å². The second-order valence-corrected chi connectivity index (χ2v) is 3.64. The number of aromatic nitrogens is 1. The molecule has 1 aromatic rings. The van der Waals surface area contributed by atoms with Crippen molar-refractivity contribution in [3.05, 3.63) is 11.8 Å². The molecule has 0 amide bonds. The molecule has 0 saturated carbocycles. The summed E-state index contributed by atoms with van der Waals surface area (Å²) in [5.41, 5.74) is 6.42. The van der Waals surface area contributed by atoms with E-state index in [1.54, 1.807) is 0 Å². The third-order valence-corrected chi connectivity index (χ3v) is 2.47. The van der Waals surface area contributed by atoms with Crippen LogP contribution in [0.5, 0.6) is 0 Å². The minimum atomic E-state index is 0.416. The number of rotatable bonds is 2. The van der Waals surface area contributed by atoms with Crippen molar-refractivity contribution in [2.24, 2.45) is 5.92 Å². The van der Waals surface area contributed by atoms with Crippen molar-refractivity contribution >= 4 is 5.88 Å². The quantitative estimate of drug-likeness (QED) is 0.708. The molecule has 1 aliphatic rings. The predicted molar refractivity (Wildman–Crippen MR) is 50.2 cm³/mol. The van der Waals surface area contributed by atoms with Crippen LogP contribution in [0.15, 0.2) is 10.6 Å². The molecule has 0 radical (unpaired) electrons. The van der Waals surface area contributed by atoms with Gasteiger partial charge in [-0.2, -0.15) is 0 Å². The Kier molecular flexibility index (Phi) is 2.49. The number of nitrogen functional groups attached to an aromatic ring is 1. The Morgan fingerprint density at radius 3 is 3.23 bits per heavy atom. The van der Waals surface area contributed by atoms with Gasteiger partial charge in [0.2, 0.25) is 5.88 Å². The van der Waals surface area contributed by atoms with Gasteiger partial charge in [0.1, 0.15) is 0 Å².